The molecule has 1 aliphatic rings. The van der Waals surface area contributed by atoms with E-state index < -0.39 is 0 Å². The average molecular weight is 403 g/mol. The number of thioether (sulfide) groups is 1. The van der Waals surface area contributed by atoms with Gasteiger partial charge in [-0.25, -0.2) is 9.78 Å². The summed E-state index contributed by atoms with van der Waals surface area (Å²) in [6, 6.07) is 7.76. The topological polar surface area (TPSA) is 76.5 Å². The maximum atomic E-state index is 12.6. The molecule has 150 valence electrons. The molecule has 1 N–H and O–H groups in total. The van der Waals surface area contributed by atoms with Crippen molar-refractivity contribution in [2.24, 2.45) is 7.05 Å². The summed E-state index contributed by atoms with van der Waals surface area (Å²) >= 11 is 1.64. The van der Waals surface area contributed by atoms with Crippen LogP contribution in [0.4, 0.5) is 4.79 Å². The summed E-state index contributed by atoms with van der Waals surface area (Å²) in [4.78, 5) is 30.4. The molecule has 1 aromatic heterocycles. The van der Waals surface area contributed by atoms with Crippen LogP contribution in [0.2, 0.25) is 0 Å². The molecule has 0 aliphatic carbocycles. The van der Waals surface area contributed by atoms with E-state index >= 15 is 0 Å². The predicted molar refractivity (Wildman–Crippen MR) is 108 cm³/mol. The minimum absolute atomic E-state index is 0.0709. The number of likely N-dealkylation sites (tertiary alicyclic amines) is 1. The fraction of sp³-hybridized carbons (Fsp3) is 0.450. The number of aryl methyl sites for hydroxylation is 1. The minimum atomic E-state index is -0.273. The van der Waals surface area contributed by atoms with Gasteiger partial charge in [0.05, 0.1) is 6.61 Å². The lowest BCUT2D eigenvalue weighted by molar-refractivity contribution is 0.0860. The number of amides is 2. The van der Waals surface area contributed by atoms with Crippen LogP contribution in [0.15, 0.2) is 41.8 Å². The molecular weight excluding hydrogens is 376 g/mol. The predicted octanol–water partition coefficient (Wildman–Crippen LogP) is 3.06. The Morgan fingerprint density at radius 1 is 1.32 bits per heavy atom. The third kappa shape index (κ3) is 5.28. The molecule has 7 nitrogen and oxygen atoms in total. The molecule has 2 amide bonds. The van der Waals surface area contributed by atoms with Crippen molar-refractivity contribution in [1.82, 2.24) is 19.8 Å². The van der Waals surface area contributed by atoms with Crippen molar-refractivity contribution in [2.75, 3.05) is 19.7 Å². The van der Waals surface area contributed by atoms with Gasteiger partial charge < -0.3 is 19.5 Å². The van der Waals surface area contributed by atoms with Crippen LogP contribution in [-0.2, 0) is 17.5 Å². The molecule has 1 aliphatic heterocycles. The molecule has 0 saturated carbocycles. The first-order chi connectivity index (χ1) is 13.6. The van der Waals surface area contributed by atoms with Crippen LogP contribution in [0.1, 0.15) is 35.7 Å². The summed E-state index contributed by atoms with van der Waals surface area (Å²) in [5.41, 5.74) is 1.74. The second-order valence-electron chi connectivity index (χ2n) is 6.74. The van der Waals surface area contributed by atoms with E-state index in [1.165, 1.54) is 0 Å². The first kappa shape index (κ1) is 20.3. The lowest BCUT2D eigenvalue weighted by Crippen LogP contribution is -2.46. The summed E-state index contributed by atoms with van der Waals surface area (Å²) in [5, 5.41) is 4.04. The van der Waals surface area contributed by atoms with Crippen molar-refractivity contribution in [3.8, 4) is 0 Å². The number of imidazole rings is 1. The van der Waals surface area contributed by atoms with Gasteiger partial charge in [0.1, 0.15) is 0 Å². The number of aromatic nitrogens is 2. The monoisotopic (exact) mass is 402 g/mol. The van der Waals surface area contributed by atoms with Gasteiger partial charge in [-0.2, -0.15) is 0 Å². The molecule has 2 heterocycles. The fourth-order valence-corrected chi connectivity index (χ4v) is 4.01. The molecule has 1 aromatic carbocycles. The van der Waals surface area contributed by atoms with E-state index in [1.807, 2.05) is 42.1 Å². The lowest BCUT2D eigenvalue weighted by atomic mass is 10.0. The SMILES string of the molecule is CCOC(=O)N1CCC(NC(=O)c2cccc(CSc3nccn3C)c2)CC1. The second-order valence-corrected chi connectivity index (χ2v) is 7.69. The molecular formula is C20H26N4O3S. The normalized spacial score (nSPS) is 14.7. The molecule has 1 fully saturated rings. The van der Waals surface area contributed by atoms with Crippen molar-refractivity contribution in [3.05, 3.63) is 47.8 Å². The van der Waals surface area contributed by atoms with Gasteiger partial charge in [0.2, 0.25) is 0 Å². The van der Waals surface area contributed by atoms with E-state index in [2.05, 4.69) is 10.3 Å². The molecule has 0 spiro atoms. The van der Waals surface area contributed by atoms with Gasteiger partial charge in [0.15, 0.2) is 5.16 Å². The van der Waals surface area contributed by atoms with Crippen molar-refractivity contribution in [1.29, 1.82) is 0 Å². The summed E-state index contributed by atoms with van der Waals surface area (Å²) in [5.74, 6) is 0.683. The molecule has 8 heteroatoms. The Hall–Kier alpha value is -2.48. The third-order valence-corrected chi connectivity index (χ3v) is 5.82. The zero-order chi connectivity index (χ0) is 19.9. The van der Waals surface area contributed by atoms with Crippen LogP contribution in [-0.4, -0.2) is 52.2 Å². The molecule has 0 atom stereocenters. The van der Waals surface area contributed by atoms with Crippen molar-refractivity contribution in [3.63, 3.8) is 0 Å². The molecule has 0 radical (unpaired) electrons. The minimum Gasteiger partial charge on any atom is -0.450 e. The van der Waals surface area contributed by atoms with E-state index in [0.29, 0.717) is 25.3 Å². The average Bonchev–Trinajstić information content (AvgIpc) is 3.12. The Bertz CT molecular complexity index is 815. The molecule has 1 saturated heterocycles. The summed E-state index contributed by atoms with van der Waals surface area (Å²) in [6.45, 7) is 3.38. The Balaban J connectivity index is 1.51. The van der Waals surface area contributed by atoms with E-state index in [1.54, 1.807) is 29.8 Å². The van der Waals surface area contributed by atoms with E-state index in [4.69, 9.17) is 4.74 Å². The number of carbonyl (C=O) groups excluding carboxylic acids is 2. The lowest BCUT2D eigenvalue weighted by Gasteiger charge is -2.31. The van der Waals surface area contributed by atoms with Gasteiger partial charge in [-0.05, 0) is 37.5 Å². The fourth-order valence-electron chi connectivity index (χ4n) is 3.13. The summed E-state index contributed by atoms with van der Waals surface area (Å²) in [6.07, 6.45) is 4.89. The Morgan fingerprint density at radius 3 is 2.79 bits per heavy atom. The molecule has 3 rings (SSSR count). The number of carbonyl (C=O) groups is 2. The number of piperidine rings is 1. The van der Waals surface area contributed by atoms with Gasteiger partial charge in [-0.3, -0.25) is 4.79 Å². The van der Waals surface area contributed by atoms with Crippen LogP contribution >= 0.6 is 11.8 Å². The number of hydrogen-bond donors (Lipinski definition) is 1. The number of ether oxygens (including phenoxy) is 1. The van der Waals surface area contributed by atoms with E-state index in [9.17, 15) is 9.59 Å². The molecule has 0 bridgehead atoms. The molecule has 0 unspecified atom stereocenters. The first-order valence-electron chi connectivity index (χ1n) is 9.48. The number of nitrogens with one attached hydrogen (secondary N) is 1. The van der Waals surface area contributed by atoms with Crippen LogP contribution in [0.3, 0.4) is 0 Å². The highest BCUT2D eigenvalue weighted by Gasteiger charge is 2.24. The summed E-state index contributed by atoms with van der Waals surface area (Å²) in [7, 11) is 1.96. The number of benzene rings is 1. The van der Waals surface area contributed by atoms with Crippen molar-refractivity contribution < 1.29 is 14.3 Å². The van der Waals surface area contributed by atoms with Crippen LogP contribution in [0.5, 0.6) is 0 Å². The first-order valence-corrected chi connectivity index (χ1v) is 10.5. The van der Waals surface area contributed by atoms with Crippen molar-refractivity contribution >= 4 is 23.8 Å². The van der Waals surface area contributed by atoms with Gasteiger partial charge in [0, 0.05) is 49.9 Å². The highest BCUT2D eigenvalue weighted by molar-refractivity contribution is 7.98. The zero-order valence-corrected chi connectivity index (χ0v) is 17.1. The number of rotatable bonds is 6. The van der Waals surface area contributed by atoms with Gasteiger partial charge in [-0.15, -0.1) is 0 Å². The smallest absolute Gasteiger partial charge is 0.409 e. The summed E-state index contributed by atoms with van der Waals surface area (Å²) < 4.78 is 7.01. The standard InChI is InChI=1S/C20H26N4O3S/c1-3-27-20(26)24-10-7-17(8-11-24)22-18(25)16-6-4-5-15(13-16)14-28-19-21-9-12-23(19)2/h4-6,9,12-13,17H,3,7-8,10-11,14H2,1-2H3,(H,22,25). The number of nitrogens with zero attached hydrogens (tertiary/aromatic N) is 3. The van der Waals surface area contributed by atoms with Gasteiger partial charge in [0.25, 0.3) is 5.91 Å². The van der Waals surface area contributed by atoms with Crippen LogP contribution in [0.25, 0.3) is 0 Å². The van der Waals surface area contributed by atoms with Crippen LogP contribution < -0.4 is 5.32 Å². The Morgan fingerprint density at radius 2 is 2.11 bits per heavy atom. The van der Waals surface area contributed by atoms with Gasteiger partial charge >= 0.3 is 6.09 Å². The van der Waals surface area contributed by atoms with E-state index in [-0.39, 0.29) is 18.0 Å². The van der Waals surface area contributed by atoms with E-state index in [0.717, 1.165) is 29.3 Å². The van der Waals surface area contributed by atoms with Crippen molar-refractivity contribution in [2.45, 2.75) is 36.7 Å². The van der Waals surface area contributed by atoms with Crippen LogP contribution in [0, 0.1) is 0 Å². The molecule has 2 aromatic rings. The Labute approximate surface area is 169 Å². The maximum Gasteiger partial charge on any atom is 0.409 e. The second kappa shape index (κ2) is 9.64. The zero-order valence-electron chi connectivity index (χ0n) is 16.3. The largest absolute Gasteiger partial charge is 0.450 e. The number of hydrogen-bond acceptors (Lipinski definition) is 5. The third-order valence-electron chi connectivity index (χ3n) is 4.69. The maximum absolute atomic E-state index is 12.6. The quantitative estimate of drug-likeness (QED) is 0.752. The highest BCUT2D eigenvalue weighted by atomic mass is 32.2. The molecule has 28 heavy (non-hydrogen) atoms. The Kier molecular flexibility index (Phi) is 6.97. The van der Waals surface area contributed by atoms with Gasteiger partial charge in [-0.1, -0.05) is 23.9 Å². The highest BCUT2D eigenvalue weighted by Crippen LogP contribution is 2.21.